The highest BCUT2D eigenvalue weighted by atomic mass is 35.5. The third kappa shape index (κ3) is 3.55. The number of carbonyl (C=O) groups excluding carboxylic acids is 1. The van der Waals surface area contributed by atoms with Gasteiger partial charge in [0, 0.05) is 43.2 Å². The van der Waals surface area contributed by atoms with Crippen molar-refractivity contribution in [3.63, 3.8) is 0 Å². The van der Waals surface area contributed by atoms with E-state index in [1.807, 2.05) is 6.20 Å². The maximum atomic E-state index is 13.2. The van der Waals surface area contributed by atoms with E-state index in [4.69, 9.17) is 10.5 Å². The minimum Gasteiger partial charge on any atom is -0.377 e. The van der Waals surface area contributed by atoms with Gasteiger partial charge in [-0.25, -0.2) is 4.39 Å². The van der Waals surface area contributed by atoms with Crippen molar-refractivity contribution in [2.24, 2.45) is 11.7 Å². The second kappa shape index (κ2) is 7.51. The summed E-state index contributed by atoms with van der Waals surface area (Å²) in [6.45, 7) is 1.00. The quantitative estimate of drug-likeness (QED) is 0.742. The average Bonchev–Trinajstić information content (AvgIpc) is 2.89. The summed E-state index contributed by atoms with van der Waals surface area (Å²) in [5.74, 6) is -0.224. The van der Waals surface area contributed by atoms with E-state index in [-0.39, 0.29) is 35.7 Å². The van der Waals surface area contributed by atoms with E-state index in [1.165, 1.54) is 12.1 Å². The van der Waals surface area contributed by atoms with Crippen molar-refractivity contribution in [2.75, 3.05) is 20.2 Å². The number of fused-ring (bicyclic) bond motifs is 1. The molecule has 4 N–H and O–H groups in total. The lowest BCUT2D eigenvalue weighted by molar-refractivity contribution is -0.144. The minimum atomic E-state index is -0.317. The molecule has 1 heterocycles. The van der Waals surface area contributed by atoms with Gasteiger partial charge in [0.25, 0.3) is 0 Å². The van der Waals surface area contributed by atoms with Gasteiger partial charge in [-0.2, -0.15) is 0 Å². The molecule has 3 rings (SSSR count). The van der Waals surface area contributed by atoms with Crippen molar-refractivity contribution >= 4 is 29.2 Å². The molecular formula is C17H23ClFN3O2. The van der Waals surface area contributed by atoms with E-state index in [2.05, 4.69) is 10.3 Å². The molecule has 5 nitrogen and oxygen atoms in total. The molecule has 1 saturated carbocycles. The van der Waals surface area contributed by atoms with Crippen LogP contribution >= 0.6 is 12.4 Å². The average molecular weight is 356 g/mol. The van der Waals surface area contributed by atoms with Crippen LogP contribution in [0.4, 0.5) is 4.39 Å². The number of methoxy groups -OCH3 is 1. The summed E-state index contributed by atoms with van der Waals surface area (Å²) >= 11 is 0. The van der Waals surface area contributed by atoms with Crippen molar-refractivity contribution in [1.82, 2.24) is 10.3 Å². The lowest BCUT2D eigenvalue weighted by Crippen LogP contribution is -2.55. The zero-order valence-electron chi connectivity index (χ0n) is 13.6. The normalized spacial score (nSPS) is 22.7. The van der Waals surface area contributed by atoms with Crippen molar-refractivity contribution in [2.45, 2.75) is 24.9 Å². The van der Waals surface area contributed by atoms with E-state index in [0.29, 0.717) is 32.4 Å². The molecule has 0 saturated heterocycles. The fraction of sp³-hybridized carbons (Fsp3) is 0.471. The van der Waals surface area contributed by atoms with Crippen molar-refractivity contribution in [3.05, 3.63) is 35.8 Å². The highest BCUT2D eigenvalue weighted by molar-refractivity contribution is 5.85. The van der Waals surface area contributed by atoms with Crippen LogP contribution in [0.25, 0.3) is 10.9 Å². The highest BCUT2D eigenvalue weighted by Gasteiger charge is 2.46. The number of aromatic nitrogens is 1. The number of carbonyl (C=O) groups is 1. The molecule has 1 amide bonds. The molecule has 1 aromatic heterocycles. The Kier molecular flexibility index (Phi) is 5.85. The Morgan fingerprint density at radius 3 is 2.92 bits per heavy atom. The molecule has 0 spiro atoms. The molecule has 1 aliphatic rings. The summed E-state index contributed by atoms with van der Waals surface area (Å²) in [5, 5.41) is 3.95. The minimum absolute atomic E-state index is 0. The molecule has 24 heavy (non-hydrogen) atoms. The van der Waals surface area contributed by atoms with Crippen LogP contribution < -0.4 is 11.1 Å². The zero-order chi connectivity index (χ0) is 16.4. The summed E-state index contributed by atoms with van der Waals surface area (Å²) in [5.41, 5.74) is 7.21. The lowest BCUT2D eigenvalue weighted by Gasteiger charge is -2.44. The standard InChI is InChI=1S/C17H22FN3O2.ClH/c1-23-17(10-19)7-12(8-17)16(22)20-5-4-11-9-21-15-6-13(18)2-3-14(11)15;/h2-3,6,9,12,21H,4-5,7-8,10,19H2,1H3,(H,20,22);1H. The first-order chi connectivity index (χ1) is 11.1. The summed E-state index contributed by atoms with van der Waals surface area (Å²) in [4.78, 5) is 15.2. The Bertz CT molecular complexity index is 707. The Hall–Kier alpha value is -1.63. The molecule has 0 aliphatic heterocycles. The predicted molar refractivity (Wildman–Crippen MR) is 93.7 cm³/mol. The second-order valence-corrected chi connectivity index (χ2v) is 6.24. The fourth-order valence-corrected chi connectivity index (χ4v) is 3.27. The molecule has 0 radical (unpaired) electrons. The van der Waals surface area contributed by atoms with E-state index in [0.717, 1.165) is 16.5 Å². The van der Waals surface area contributed by atoms with E-state index >= 15 is 0 Å². The SMILES string of the molecule is COC1(CN)CC(C(=O)NCCc2c[nH]c3cc(F)ccc23)C1.Cl. The van der Waals surface area contributed by atoms with Crippen molar-refractivity contribution in [1.29, 1.82) is 0 Å². The number of nitrogens with two attached hydrogens (primary N) is 1. The molecular weight excluding hydrogens is 333 g/mol. The number of nitrogens with one attached hydrogen (secondary N) is 2. The van der Waals surface area contributed by atoms with Crippen LogP contribution in [0.3, 0.4) is 0 Å². The number of hydrogen-bond donors (Lipinski definition) is 3. The third-order valence-corrected chi connectivity index (χ3v) is 4.84. The third-order valence-electron chi connectivity index (χ3n) is 4.84. The molecule has 0 atom stereocenters. The van der Waals surface area contributed by atoms with Crippen LogP contribution in [0, 0.1) is 11.7 Å². The molecule has 0 bridgehead atoms. The number of H-pyrrole nitrogens is 1. The monoisotopic (exact) mass is 355 g/mol. The first kappa shape index (κ1) is 18.7. The van der Waals surface area contributed by atoms with Gasteiger partial charge in [-0.05, 0) is 43.0 Å². The maximum absolute atomic E-state index is 13.2. The van der Waals surface area contributed by atoms with E-state index in [9.17, 15) is 9.18 Å². The number of benzene rings is 1. The van der Waals surface area contributed by atoms with Gasteiger partial charge >= 0.3 is 0 Å². The number of ether oxygens (including phenoxy) is 1. The number of amides is 1. The molecule has 1 aromatic carbocycles. The molecule has 0 unspecified atom stereocenters. The molecule has 7 heteroatoms. The highest BCUT2D eigenvalue weighted by Crippen LogP contribution is 2.39. The number of aromatic amines is 1. The van der Waals surface area contributed by atoms with E-state index in [1.54, 1.807) is 13.2 Å². The Morgan fingerprint density at radius 1 is 1.50 bits per heavy atom. The second-order valence-electron chi connectivity index (χ2n) is 6.24. The Morgan fingerprint density at radius 2 is 2.25 bits per heavy atom. The van der Waals surface area contributed by atoms with Gasteiger partial charge in [0.1, 0.15) is 5.82 Å². The summed E-state index contributed by atoms with van der Waals surface area (Å²) in [6.07, 6.45) is 3.93. The van der Waals surface area contributed by atoms with Crippen LogP contribution in [-0.2, 0) is 16.0 Å². The predicted octanol–water partition coefficient (Wildman–Crippen LogP) is 2.14. The van der Waals surface area contributed by atoms with Gasteiger partial charge in [0.2, 0.25) is 5.91 Å². The van der Waals surface area contributed by atoms with Gasteiger partial charge in [0.05, 0.1) is 5.60 Å². The fourth-order valence-electron chi connectivity index (χ4n) is 3.27. The summed E-state index contributed by atoms with van der Waals surface area (Å²) in [7, 11) is 1.64. The topological polar surface area (TPSA) is 80.1 Å². The van der Waals surface area contributed by atoms with Crippen LogP contribution in [0.2, 0.25) is 0 Å². The largest absolute Gasteiger partial charge is 0.377 e. The number of hydrogen-bond acceptors (Lipinski definition) is 3. The zero-order valence-corrected chi connectivity index (χ0v) is 14.4. The smallest absolute Gasteiger partial charge is 0.223 e. The first-order valence-corrected chi connectivity index (χ1v) is 7.85. The number of halogens is 2. The van der Waals surface area contributed by atoms with Gasteiger partial charge in [-0.1, -0.05) is 0 Å². The van der Waals surface area contributed by atoms with Crippen LogP contribution in [-0.4, -0.2) is 36.7 Å². The first-order valence-electron chi connectivity index (χ1n) is 7.85. The van der Waals surface area contributed by atoms with E-state index < -0.39 is 0 Å². The van der Waals surface area contributed by atoms with Gasteiger partial charge < -0.3 is 20.8 Å². The summed E-state index contributed by atoms with van der Waals surface area (Å²) < 4.78 is 18.5. The molecule has 1 fully saturated rings. The Balaban J connectivity index is 0.00000208. The van der Waals surface area contributed by atoms with Crippen molar-refractivity contribution < 1.29 is 13.9 Å². The molecule has 2 aromatic rings. The van der Waals surface area contributed by atoms with Gasteiger partial charge in [-0.15, -0.1) is 12.4 Å². The summed E-state index contributed by atoms with van der Waals surface area (Å²) in [6, 6.07) is 4.69. The molecule has 1 aliphatic carbocycles. The molecule has 132 valence electrons. The van der Waals surface area contributed by atoms with Crippen molar-refractivity contribution in [3.8, 4) is 0 Å². The number of rotatable bonds is 6. The van der Waals surface area contributed by atoms with Gasteiger partial charge in [0.15, 0.2) is 0 Å². The van der Waals surface area contributed by atoms with Gasteiger partial charge in [-0.3, -0.25) is 4.79 Å². The maximum Gasteiger partial charge on any atom is 0.223 e. The van der Waals surface area contributed by atoms with Crippen LogP contribution in [0.15, 0.2) is 24.4 Å². The van der Waals surface area contributed by atoms with Crippen LogP contribution in [0.5, 0.6) is 0 Å². The lowest BCUT2D eigenvalue weighted by atomic mass is 9.70. The van der Waals surface area contributed by atoms with Crippen LogP contribution in [0.1, 0.15) is 18.4 Å². The Labute approximate surface area is 146 Å².